The largest absolute Gasteiger partial charge is 0.490 e. The maximum absolute atomic E-state index is 11.4. The number of nitrogens with one attached hydrogen (secondary N) is 2. The van der Waals surface area contributed by atoms with Crippen molar-refractivity contribution in [3.05, 3.63) is 59.2 Å². The molecule has 1 aliphatic rings. The first-order valence-corrected chi connectivity index (χ1v) is 11.7. The van der Waals surface area contributed by atoms with Crippen LogP contribution in [0.2, 0.25) is 0 Å². The van der Waals surface area contributed by atoms with Crippen LogP contribution in [0.5, 0.6) is 5.75 Å². The molecule has 0 bridgehead atoms. The molecule has 0 aromatic heterocycles. The number of rotatable bonds is 7. The van der Waals surface area contributed by atoms with Gasteiger partial charge in [0.15, 0.2) is 5.96 Å². The fourth-order valence-electron chi connectivity index (χ4n) is 3.49. The number of primary sulfonamides is 1. The number of nitrogens with zero attached hydrogens (tertiary/aromatic N) is 1. The summed E-state index contributed by atoms with van der Waals surface area (Å²) in [6, 6.07) is 12.7. The highest BCUT2D eigenvalue weighted by Crippen LogP contribution is 2.27. The van der Waals surface area contributed by atoms with Crippen molar-refractivity contribution in [1.29, 1.82) is 0 Å². The summed E-state index contributed by atoms with van der Waals surface area (Å²) < 4.78 is 29.0. The first-order chi connectivity index (χ1) is 14.3. The molecule has 170 valence electrons. The molecule has 0 unspecified atom stereocenters. The second-order valence-corrected chi connectivity index (χ2v) is 9.17. The van der Waals surface area contributed by atoms with E-state index >= 15 is 0 Å². The highest BCUT2D eigenvalue weighted by molar-refractivity contribution is 14.0. The lowest BCUT2D eigenvalue weighted by Crippen LogP contribution is -2.36. The molecule has 0 spiro atoms. The Balaban J connectivity index is 0.00000341. The van der Waals surface area contributed by atoms with Crippen molar-refractivity contribution < 1.29 is 13.2 Å². The van der Waals surface area contributed by atoms with E-state index in [-0.39, 0.29) is 28.9 Å². The van der Waals surface area contributed by atoms with Gasteiger partial charge in [-0.25, -0.2) is 13.6 Å². The summed E-state index contributed by atoms with van der Waals surface area (Å²) in [5, 5.41) is 11.7. The minimum Gasteiger partial charge on any atom is -0.490 e. The van der Waals surface area contributed by atoms with E-state index in [4.69, 9.17) is 9.88 Å². The van der Waals surface area contributed by atoms with Crippen molar-refractivity contribution in [2.75, 3.05) is 7.05 Å². The molecule has 2 aromatic carbocycles. The normalized spacial score (nSPS) is 14.7. The molecule has 1 fully saturated rings. The fraction of sp³-hybridized carbons (Fsp3) is 0.409. The summed E-state index contributed by atoms with van der Waals surface area (Å²) in [6.45, 7) is 3.16. The third-order valence-corrected chi connectivity index (χ3v) is 6.13. The van der Waals surface area contributed by atoms with Crippen LogP contribution in [0, 0.1) is 6.92 Å². The molecule has 3 rings (SSSR count). The Bertz CT molecular complexity index is 988. The maximum Gasteiger partial charge on any atom is 0.238 e. The molecular weight excluding hydrogens is 527 g/mol. The quantitative estimate of drug-likeness (QED) is 0.274. The summed E-state index contributed by atoms with van der Waals surface area (Å²) in [5.41, 5.74) is 3.19. The van der Waals surface area contributed by atoms with Crippen molar-refractivity contribution in [3.8, 4) is 5.75 Å². The average Bonchev–Trinajstić information content (AvgIpc) is 3.22. The molecule has 1 aliphatic carbocycles. The van der Waals surface area contributed by atoms with Crippen molar-refractivity contribution in [2.24, 2.45) is 10.1 Å². The SMILES string of the molecule is CN=C(NCc1ccc(S(N)(=O)=O)cc1)NCc1ccc(C)cc1OC1CCCC1.I. The molecule has 0 amide bonds. The number of nitrogens with two attached hydrogens (primary N) is 1. The first kappa shape index (κ1) is 25.4. The topological polar surface area (TPSA) is 106 Å². The van der Waals surface area contributed by atoms with E-state index in [1.807, 2.05) is 0 Å². The number of hydrogen-bond acceptors (Lipinski definition) is 4. The number of hydrogen-bond donors (Lipinski definition) is 3. The Morgan fingerprint density at radius 1 is 1.10 bits per heavy atom. The third kappa shape index (κ3) is 7.65. The van der Waals surface area contributed by atoms with Crippen molar-refractivity contribution >= 4 is 40.0 Å². The van der Waals surface area contributed by atoms with E-state index < -0.39 is 10.0 Å². The van der Waals surface area contributed by atoms with Gasteiger partial charge >= 0.3 is 0 Å². The Morgan fingerprint density at radius 3 is 2.35 bits per heavy atom. The number of halogens is 1. The number of sulfonamides is 1. The fourth-order valence-corrected chi connectivity index (χ4v) is 4.00. The second kappa shape index (κ2) is 11.7. The lowest BCUT2D eigenvalue weighted by atomic mass is 10.1. The van der Waals surface area contributed by atoms with Gasteiger partial charge in [-0.05, 0) is 61.9 Å². The van der Waals surface area contributed by atoms with Gasteiger partial charge in [-0.15, -0.1) is 24.0 Å². The van der Waals surface area contributed by atoms with E-state index in [0.29, 0.717) is 25.2 Å². The molecule has 7 nitrogen and oxygen atoms in total. The first-order valence-electron chi connectivity index (χ1n) is 10.2. The summed E-state index contributed by atoms with van der Waals surface area (Å²) >= 11 is 0. The van der Waals surface area contributed by atoms with E-state index in [2.05, 4.69) is 40.7 Å². The number of aliphatic imine (C=N–C) groups is 1. The van der Waals surface area contributed by atoms with Crippen LogP contribution in [0.4, 0.5) is 0 Å². The highest BCUT2D eigenvalue weighted by Gasteiger charge is 2.18. The number of guanidine groups is 1. The van der Waals surface area contributed by atoms with Crippen molar-refractivity contribution in [1.82, 2.24) is 10.6 Å². The van der Waals surface area contributed by atoms with Crippen LogP contribution in [0.15, 0.2) is 52.4 Å². The van der Waals surface area contributed by atoms with Gasteiger partial charge < -0.3 is 15.4 Å². The molecule has 1 saturated carbocycles. The van der Waals surface area contributed by atoms with Gasteiger partial charge in [-0.3, -0.25) is 4.99 Å². The zero-order valence-electron chi connectivity index (χ0n) is 17.9. The molecule has 4 N–H and O–H groups in total. The molecule has 9 heteroatoms. The minimum atomic E-state index is -3.68. The molecule has 0 saturated heterocycles. The van der Waals surface area contributed by atoms with Gasteiger partial charge in [0.1, 0.15) is 5.75 Å². The van der Waals surface area contributed by atoms with E-state index in [0.717, 1.165) is 29.7 Å². The zero-order valence-corrected chi connectivity index (χ0v) is 21.1. The molecule has 0 atom stereocenters. The van der Waals surface area contributed by atoms with Crippen LogP contribution in [0.3, 0.4) is 0 Å². The van der Waals surface area contributed by atoms with Crippen LogP contribution in [0.1, 0.15) is 42.4 Å². The van der Waals surface area contributed by atoms with Gasteiger partial charge in [0, 0.05) is 25.7 Å². The van der Waals surface area contributed by atoms with Crippen LogP contribution >= 0.6 is 24.0 Å². The monoisotopic (exact) mass is 558 g/mol. The van der Waals surface area contributed by atoms with Gasteiger partial charge in [0.25, 0.3) is 0 Å². The molecule has 2 aromatic rings. The molecule has 0 aliphatic heterocycles. The summed E-state index contributed by atoms with van der Waals surface area (Å²) in [5.74, 6) is 1.58. The van der Waals surface area contributed by atoms with Crippen LogP contribution < -0.4 is 20.5 Å². The van der Waals surface area contributed by atoms with Crippen molar-refractivity contribution in [3.63, 3.8) is 0 Å². The van der Waals surface area contributed by atoms with E-state index in [1.165, 1.54) is 30.5 Å². The predicted octanol–water partition coefficient (Wildman–Crippen LogP) is 3.45. The second-order valence-electron chi connectivity index (χ2n) is 7.60. The Kier molecular flexibility index (Phi) is 9.57. The lowest BCUT2D eigenvalue weighted by Gasteiger charge is -2.18. The molecule has 0 radical (unpaired) electrons. The molecule has 31 heavy (non-hydrogen) atoms. The zero-order chi connectivity index (χ0) is 21.6. The Labute approximate surface area is 201 Å². The van der Waals surface area contributed by atoms with E-state index in [9.17, 15) is 8.42 Å². The average molecular weight is 558 g/mol. The third-order valence-electron chi connectivity index (χ3n) is 5.20. The number of aryl methyl sites for hydroxylation is 1. The van der Waals surface area contributed by atoms with E-state index in [1.54, 1.807) is 19.2 Å². The van der Waals surface area contributed by atoms with Crippen LogP contribution in [-0.2, 0) is 23.1 Å². The molecular formula is C22H31IN4O3S. The van der Waals surface area contributed by atoms with Gasteiger partial charge in [-0.2, -0.15) is 0 Å². The number of ether oxygens (including phenoxy) is 1. The Hall–Kier alpha value is -1.85. The molecule has 0 heterocycles. The van der Waals surface area contributed by atoms with Gasteiger partial charge in [0.2, 0.25) is 10.0 Å². The highest BCUT2D eigenvalue weighted by atomic mass is 127. The lowest BCUT2D eigenvalue weighted by molar-refractivity contribution is 0.207. The van der Waals surface area contributed by atoms with Crippen LogP contribution in [-0.4, -0.2) is 27.5 Å². The maximum atomic E-state index is 11.4. The smallest absolute Gasteiger partial charge is 0.238 e. The Morgan fingerprint density at radius 2 is 1.74 bits per heavy atom. The summed E-state index contributed by atoms with van der Waals surface area (Å²) in [7, 11) is -1.97. The van der Waals surface area contributed by atoms with Crippen molar-refractivity contribution in [2.45, 2.75) is 56.7 Å². The predicted molar refractivity (Wildman–Crippen MR) is 134 cm³/mol. The van der Waals surface area contributed by atoms with Crippen LogP contribution in [0.25, 0.3) is 0 Å². The standard InChI is InChI=1S/C22H30N4O3S.HI/c1-16-7-10-18(21(13-16)29-19-5-3-4-6-19)15-26-22(24-2)25-14-17-8-11-20(12-9-17)30(23,27)28;/h7-13,19H,3-6,14-15H2,1-2H3,(H2,23,27,28)(H2,24,25,26);1H. The van der Waals surface area contributed by atoms with Gasteiger partial charge in [0.05, 0.1) is 11.0 Å². The minimum absolute atomic E-state index is 0. The van der Waals surface area contributed by atoms with Gasteiger partial charge in [-0.1, -0.05) is 24.3 Å². The summed E-state index contributed by atoms with van der Waals surface area (Å²) in [4.78, 5) is 4.36. The number of benzene rings is 2. The summed E-state index contributed by atoms with van der Waals surface area (Å²) in [6.07, 6.45) is 5.02.